The summed E-state index contributed by atoms with van der Waals surface area (Å²) in [5.74, 6) is -0.390. The summed E-state index contributed by atoms with van der Waals surface area (Å²) < 4.78 is 9.68. The van der Waals surface area contributed by atoms with Crippen molar-refractivity contribution in [2.45, 2.75) is 6.92 Å². The fourth-order valence-electron chi connectivity index (χ4n) is 1.47. The lowest BCUT2D eigenvalue weighted by Crippen LogP contribution is -2.28. The number of carbonyl (C=O) groups excluding carboxylic acids is 1. The summed E-state index contributed by atoms with van der Waals surface area (Å²) in [4.78, 5) is 18.7. The number of hydrogen-bond donors (Lipinski definition) is 1. The molecule has 19 heavy (non-hydrogen) atoms. The van der Waals surface area contributed by atoms with Crippen LogP contribution < -0.4 is 5.32 Å². The van der Waals surface area contributed by atoms with E-state index >= 15 is 0 Å². The minimum Gasteiger partial charge on any atom is -0.464 e. The van der Waals surface area contributed by atoms with Gasteiger partial charge in [-0.2, -0.15) is 0 Å². The van der Waals surface area contributed by atoms with Crippen LogP contribution >= 0.6 is 11.3 Å². The van der Waals surface area contributed by atoms with Crippen LogP contribution in [-0.4, -0.2) is 63.4 Å². The Kier molecular flexibility index (Phi) is 6.75. The van der Waals surface area contributed by atoms with Crippen LogP contribution in [0.25, 0.3) is 0 Å². The van der Waals surface area contributed by atoms with Gasteiger partial charge in [0, 0.05) is 31.6 Å². The van der Waals surface area contributed by atoms with Crippen LogP contribution in [-0.2, 0) is 9.47 Å². The van der Waals surface area contributed by atoms with Gasteiger partial charge in [0.1, 0.15) is 0 Å². The second-order valence-corrected chi connectivity index (χ2v) is 5.34. The summed E-state index contributed by atoms with van der Waals surface area (Å²) in [5.41, 5.74) is 0.391. The summed E-state index contributed by atoms with van der Waals surface area (Å²) in [6.45, 7) is 5.13. The fourth-order valence-corrected chi connectivity index (χ4v) is 2.30. The molecule has 0 radical (unpaired) electrons. The number of methoxy groups -OCH3 is 2. The molecule has 6 nitrogen and oxygen atoms in total. The standard InChI is InChI=1S/C12H21N3O3S/c1-9-10(11(16)18-4)14-12(19-9)13-5-6-15(2)7-8-17-3/h5-8H2,1-4H3,(H,13,14). The lowest BCUT2D eigenvalue weighted by Gasteiger charge is -2.15. The number of nitrogens with zero attached hydrogens (tertiary/aromatic N) is 2. The Labute approximate surface area is 117 Å². The van der Waals surface area contributed by atoms with E-state index in [-0.39, 0.29) is 5.97 Å². The van der Waals surface area contributed by atoms with E-state index in [1.165, 1.54) is 18.4 Å². The lowest BCUT2D eigenvalue weighted by atomic mass is 10.4. The average Bonchev–Trinajstić information content (AvgIpc) is 2.76. The van der Waals surface area contributed by atoms with Crippen LogP contribution in [0.3, 0.4) is 0 Å². The highest BCUT2D eigenvalue weighted by Gasteiger charge is 2.15. The molecule has 1 aromatic rings. The Bertz CT molecular complexity index is 409. The van der Waals surface area contributed by atoms with Crippen molar-refractivity contribution in [3.8, 4) is 0 Å². The maximum absolute atomic E-state index is 11.4. The predicted molar refractivity (Wildman–Crippen MR) is 76.1 cm³/mol. The van der Waals surface area contributed by atoms with E-state index in [2.05, 4.69) is 19.9 Å². The smallest absolute Gasteiger partial charge is 0.357 e. The SMILES string of the molecule is COCCN(C)CCNc1nc(C(=O)OC)c(C)s1. The van der Waals surface area contributed by atoms with E-state index in [1.807, 2.05) is 14.0 Å². The van der Waals surface area contributed by atoms with Crippen LogP contribution in [0.5, 0.6) is 0 Å². The number of carbonyl (C=O) groups is 1. The number of nitrogens with one attached hydrogen (secondary N) is 1. The van der Waals surface area contributed by atoms with Crippen molar-refractivity contribution in [3.05, 3.63) is 10.6 Å². The van der Waals surface area contributed by atoms with E-state index in [1.54, 1.807) is 7.11 Å². The molecule has 0 amide bonds. The second kappa shape index (κ2) is 8.08. The van der Waals surface area contributed by atoms with Gasteiger partial charge in [0.15, 0.2) is 10.8 Å². The Hall–Kier alpha value is -1.18. The monoisotopic (exact) mass is 287 g/mol. The van der Waals surface area contributed by atoms with Gasteiger partial charge in [0.25, 0.3) is 0 Å². The third-order valence-electron chi connectivity index (χ3n) is 2.62. The zero-order chi connectivity index (χ0) is 14.3. The number of aromatic nitrogens is 1. The van der Waals surface area contributed by atoms with Crippen molar-refractivity contribution in [3.63, 3.8) is 0 Å². The number of likely N-dealkylation sites (N-methyl/N-ethyl adjacent to an activating group) is 1. The summed E-state index contributed by atoms with van der Waals surface area (Å²) in [6, 6.07) is 0. The molecule has 108 valence electrons. The van der Waals surface area contributed by atoms with Crippen LogP contribution in [0.2, 0.25) is 0 Å². The summed E-state index contributed by atoms with van der Waals surface area (Å²) in [7, 11) is 5.09. The molecule has 0 aliphatic heterocycles. The quantitative estimate of drug-likeness (QED) is 0.726. The summed E-state index contributed by atoms with van der Waals surface area (Å²) in [6.07, 6.45) is 0. The zero-order valence-corrected chi connectivity index (χ0v) is 12.7. The van der Waals surface area contributed by atoms with Gasteiger partial charge in [-0.1, -0.05) is 0 Å². The normalized spacial score (nSPS) is 10.8. The average molecular weight is 287 g/mol. The number of thiazole rings is 1. The molecular weight excluding hydrogens is 266 g/mol. The molecule has 0 unspecified atom stereocenters. The van der Waals surface area contributed by atoms with Crippen molar-refractivity contribution in [2.75, 3.05) is 52.8 Å². The lowest BCUT2D eigenvalue weighted by molar-refractivity contribution is 0.0594. The fraction of sp³-hybridized carbons (Fsp3) is 0.667. The molecule has 1 heterocycles. The Morgan fingerprint density at radius 2 is 2.16 bits per heavy atom. The van der Waals surface area contributed by atoms with Gasteiger partial charge in [-0.25, -0.2) is 9.78 Å². The van der Waals surface area contributed by atoms with Crippen LogP contribution in [0, 0.1) is 6.92 Å². The number of hydrogen-bond acceptors (Lipinski definition) is 7. The first kappa shape index (κ1) is 15.9. The van der Waals surface area contributed by atoms with Crippen LogP contribution in [0.4, 0.5) is 5.13 Å². The number of ether oxygens (including phenoxy) is 2. The molecule has 1 N–H and O–H groups in total. The third kappa shape index (κ3) is 5.14. The highest BCUT2D eigenvalue weighted by Crippen LogP contribution is 2.22. The van der Waals surface area contributed by atoms with Crippen molar-refractivity contribution in [1.29, 1.82) is 0 Å². The van der Waals surface area contributed by atoms with Gasteiger partial charge >= 0.3 is 5.97 Å². The molecule has 0 atom stereocenters. The van der Waals surface area contributed by atoms with Gasteiger partial charge in [-0.05, 0) is 14.0 Å². The number of rotatable bonds is 8. The molecule has 0 aromatic carbocycles. The molecule has 0 aliphatic carbocycles. The van der Waals surface area contributed by atoms with Crippen molar-refractivity contribution in [1.82, 2.24) is 9.88 Å². The number of esters is 1. The van der Waals surface area contributed by atoms with E-state index in [0.717, 1.165) is 36.2 Å². The first-order chi connectivity index (χ1) is 9.08. The molecule has 0 spiro atoms. The minimum absolute atomic E-state index is 0.390. The first-order valence-corrected chi connectivity index (χ1v) is 6.87. The van der Waals surface area contributed by atoms with Gasteiger partial charge in [0.2, 0.25) is 0 Å². The van der Waals surface area contributed by atoms with E-state index in [9.17, 15) is 4.79 Å². The topological polar surface area (TPSA) is 63.7 Å². The summed E-state index contributed by atoms with van der Waals surface area (Å²) in [5, 5.41) is 3.96. The molecule has 0 aliphatic rings. The van der Waals surface area contributed by atoms with Gasteiger partial charge in [0.05, 0.1) is 13.7 Å². The third-order valence-corrected chi connectivity index (χ3v) is 3.55. The van der Waals surface area contributed by atoms with Crippen LogP contribution in [0.1, 0.15) is 15.4 Å². The molecule has 0 bridgehead atoms. The highest BCUT2D eigenvalue weighted by molar-refractivity contribution is 7.15. The van der Waals surface area contributed by atoms with E-state index in [0.29, 0.717) is 5.69 Å². The largest absolute Gasteiger partial charge is 0.464 e. The molecule has 7 heteroatoms. The van der Waals surface area contributed by atoms with Crippen molar-refractivity contribution in [2.24, 2.45) is 0 Å². The zero-order valence-electron chi connectivity index (χ0n) is 11.9. The predicted octanol–water partition coefficient (Wildman–Crippen LogP) is 1.23. The number of anilines is 1. The maximum Gasteiger partial charge on any atom is 0.357 e. The van der Waals surface area contributed by atoms with Crippen molar-refractivity contribution >= 4 is 22.4 Å². The van der Waals surface area contributed by atoms with Crippen molar-refractivity contribution < 1.29 is 14.3 Å². The van der Waals surface area contributed by atoms with Gasteiger partial charge in [-0.3, -0.25) is 0 Å². The Morgan fingerprint density at radius 1 is 1.42 bits per heavy atom. The van der Waals surface area contributed by atoms with E-state index < -0.39 is 0 Å². The maximum atomic E-state index is 11.4. The molecule has 1 aromatic heterocycles. The first-order valence-electron chi connectivity index (χ1n) is 6.05. The molecule has 0 fully saturated rings. The molecular formula is C12H21N3O3S. The molecule has 1 rings (SSSR count). The molecule has 0 saturated heterocycles. The minimum atomic E-state index is -0.390. The van der Waals surface area contributed by atoms with E-state index in [4.69, 9.17) is 4.74 Å². The van der Waals surface area contributed by atoms with Crippen LogP contribution in [0.15, 0.2) is 0 Å². The highest BCUT2D eigenvalue weighted by atomic mass is 32.1. The summed E-state index contributed by atoms with van der Waals surface area (Å²) >= 11 is 1.46. The Balaban J connectivity index is 2.40. The number of aryl methyl sites for hydroxylation is 1. The van der Waals surface area contributed by atoms with Gasteiger partial charge < -0.3 is 19.7 Å². The molecule has 0 saturated carbocycles. The second-order valence-electron chi connectivity index (χ2n) is 4.14. The van der Waals surface area contributed by atoms with Gasteiger partial charge in [-0.15, -0.1) is 11.3 Å². The Morgan fingerprint density at radius 3 is 2.79 bits per heavy atom.